The molecule has 1 aromatic heterocycles. The first-order chi connectivity index (χ1) is 12.0. The Morgan fingerprint density at radius 1 is 1.16 bits per heavy atom. The SMILES string of the molecule is Cc1cc(Br)ccc1S(=O)(=O)Nc1ncc2ccccc2c1C1CC1. The summed E-state index contributed by atoms with van der Waals surface area (Å²) < 4.78 is 29.4. The van der Waals surface area contributed by atoms with E-state index >= 15 is 0 Å². The molecule has 1 aliphatic carbocycles. The van der Waals surface area contributed by atoms with Gasteiger partial charge in [-0.15, -0.1) is 0 Å². The number of pyridine rings is 1. The molecule has 3 aromatic rings. The van der Waals surface area contributed by atoms with Gasteiger partial charge in [0.1, 0.15) is 5.82 Å². The van der Waals surface area contributed by atoms with Gasteiger partial charge in [0.05, 0.1) is 4.90 Å². The van der Waals surface area contributed by atoms with Crippen molar-refractivity contribution < 1.29 is 8.42 Å². The lowest BCUT2D eigenvalue weighted by Gasteiger charge is -2.15. The van der Waals surface area contributed by atoms with Gasteiger partial charge in [-0.25, -0.2) is 13.4 Å². The van der Waals surface area contributed by atoms with Crippen molar-refractivity contribution in [3.8, 4) is 0 Å². The average Bonchev–Trinajstić information content (AvgIpc) is 3.38. The molecule has 0 bridgehead atoms. The van der Waals surface area contributed by atoms with Crippen molar-refractivity contribution in [1.29, 1.82) is 0 Å². The van der Waals surface area contributed by atoms with Crippen LogP contribution in [-0.2, 0) is 10.0 Å². The van der Waals surface area contributed by atoms with E-state index in [9.17, 15) is 8.42 Å². The number of benzene rings is 2. The number of sulfonamides is 1. The number of halogens is 1. The quantitative estimate of drug-likeness (QED) is 0.651. The predicted octanol–water partition coefficient (Wildman–Crippen LogP) is 4.98. The Kier molecular flexibility index (Phi) is 4.04. The zero-order chi connectivity index (χ0) is 17.6. The van der Waals surface area contributed by atoms with Gasteiger partial charge in [0, 0.05) is 21.6 Å². The monoisotopic (exact) mass is 416 g/mol. The highest BCUT2D eigenvalue weighted by molar-refractivity contribution is 9.10. The van der Waals surface area contributed by atoms with Crippen molar-refractivity contribution >= 4 is 42.5 Å². The maximum absolute atomic E-state index is 12.9. The number of rotatable bonds is 4. The summed E-state index contributed by atoms with van der Waals surface area (Å²) in [6, 6.07) is 13.1. The third-order valence-corrected chi connectivity index (χ3v) is 6.47. The second kappa shape index (κ2) is 6.11. The van der Waals surface area contributed by atoms with Crippen molar-refractivity contribution in [1.82, 2.24) is 4.98 Å². The Morgan fingerprint density at radius 3 is 2.64 bits per heavy atom. The highest BCUT2D eigenvalue weighted by atomic mass is 79.9. The van der Waals surface area contributed by atoms with Gasteiger partial charge in [-0.3, -0.25) is 4.72 Å². The summed E-state index contributed by atoms with van der Waals surface area (Å²) in [5, 5.41) is 2.11. The Bertz CT molecular complexity index is 1080. The third kappa shape index (κ3) is 3.16. The van der Waals surface area contributed by atoms with Crippen LogP contribution < -0.4 is 4.72 Å². The molecule has 2 aromatic carbocycles. The van der Waals surface area contributed by atoms with E-state index in [1.165, 1.54) is 0 Å². The zero-order valence-electron chi connectivity index (χ0n) is 13.7. The van der Waals surface area contributed by atoms with Crippen LogP contribution in [0.1, 0.15) is 29.9 Å². The van der Waals surface area contributed by atoms with Gasteiger partial charge in [-0.2, -0.15) is 0 Å². The number of nitrogens with one attached hydrogen (secondary N) is 1. The van der Waals surface area contributed by atoms with Gasteiger partial charge in [-0.1, -0.05) is 40.2 Å². The fourth-order valence-corrected chi connectivity index (χ4v) is 4.88. The first-order valence-electron chi connectivity index (χ1n) is 8.12. The van der Waals surface area contributed by atoms with Crippen molar-refractivity contribution in [3.63, 3.8) is 0 Å². The van der Waals surface area contributed by atoms with Gasteiger partial charge in [-0.05, 0) is 54.8 Å². The molecular formula is C19H17BrN2O2S. The summed E-state index contributed by atoms with van der Waals surface area (Å²) in [5.74, 6) is 0.825. The summed E-state index contributed by atoms with van der Waals surface area (Å²) in [5.41, 5.74) is 1.70. The van der Waals surface area contributed by atoms with Gasteiger partial charge in [0.2, 0.25) is 0 Å². The van der Waals surface area contributed by atoms with Crippen LogP contribution in [0.4, 0.5) is 5.82 Å². The summed E-state index contributed by atoms with van der Waals surface area (Å²) in [4.78, 5) is 4.70. The molecule has 0 saturated heterocycles. The molecule has 25 heavy (non-hydrogen) atoms. The third-order valence-electron chi connectivity index (χ3n) is 4.48. The molecule has 1 fully saturated rings. The highest BCUT2D eigenvalue weighted by Crippen LogP contribution is 2.46. The molecule has 0 unspecified atom stereocenters. The van der Waals surface area contributed by atoms with E-state index in [1.54, 1.807) is 31.3 Å². The van der Waals surface area contributed by atoms with Crippen LogP contribution in [0.3, 0.4) is 0 Å². The molecular weight excluding hydrogens is 400 g/mol. The molecule has 1 aliphatic rings. The molecule has 6 heteroatoms. The Morgan fingerprint density at radius 2 is 1.92 bits per heavy atom. The van der Waals surface area contributed by atoms with E-state index in [1.807, 2.05) is 24.3 Å². The standard InChI is InChI=1S/C19H17BrN2O2S/c1-12-10-15(20)8-9-17(12)25(23,24)22-19-18(13-6-7-13)16-5-3-2-4-14(16)11-21-19/h2-5,8-11,13H,6-7H2,1H3,(H,21,22). The maximum Gasteiger partial charge on any atom is 0.263 e. The van der Waals surface area contributed by atoms with Gasteiger partial charge in [0.15, 0.2) is 0 Å². The number of nitrogens with zero attached hydrogens (tertiary/aromatic N) is 1. The van der Waals surface area contributed by atoms with E-state index in [0.717, 1.165) is 33.7 Å². The number of aromatic nitrogens is 1. The molecule has 4 rings (SSSR count). The number of aryl methyl sites for hydroxylation is 1. The number of hydrogen-bond donors (Lipinski definition) is 1. The Labute approximate surface area is 155 Å². The number of hydrogen-bond acceptors (Lipinski definition) is 3. The number of fused-ring (bicyclic) bond motifs is 1. The summed E-state index contributed by atoms with van der Waals surface area (Å²) in [6.45, 7) is 1.79. The van der Waals surface area contributed by atoms with E-state index in [-0.39, 0.29) is 4.90 Å². The highest BCUT2D eigenvalue weighted by Gasteiger charge is 2.30. The topological polar surface area (TPSA) is 59.1 Å². The molecule has 0 spiro atoms. The van der Waals surface area contributed by atoms with Crippen molar-refractivity contribution in [2.24, 2.45) is 0 Å². The van der Waals surface area contributed by atoms with Gasteiger partial charge < -0.3 is 0 Å². The summed E-state index contributed by atoms with van der Waals surface area (Å²) in [7, 11) is -3.69. The lowest BCUT2D eigenvalue weighted by molar-refractivity contribution is 0.600. The number of anilines is 1. The molecule has 0 aliphatic heterocycles. The first-order valence-corrected chi connectivity index (χ1v) is 10.4. The molecule has 1 saturated carbocycles. The van der Waals surface area contributed by atoms with Gasteiger partial charge >= 0.3 is 0 Å². The van der Waals surface area contributed by atoms with Crippen molar-refractivity contribution in [2.45, 2.75) is 30.6 Å². The van der Waals surface area contributed by atoms with Crippen LogP contribution in [0.5, 0.6) is 0 Å². The summed E-state index contributed by atoms with van der Waals surface area (Å²) >= 11 is 3.37. The fraction of sp³-hybridized carbons (Fsp3) is 0.211. The Balaban J connectivity index is 1.81. The zero-order valence-corrected chi connectivity index (χ0v) is 16.1. The molecule has 1 heterocycles. The smallest absolute Gasteiger partial charge is 0.263 e. The lowest BCUT2D eigenvalue weighted by Crippen LogP contribution is -2.16. The van der Waals surface area contributed by atoms with E-state index in [0.29, 0.717) is 17.3 Å². The minimum Gasteiger partial charge on any atom is -0.263 e. The van der Waals surface area contributed by atoms with Crippen LogP contribution in [0.15, 0.2) is 58.0 Å². The minimum atomic E-state index is -3.69. The van der Waals surface area contributed by atoms with E-state index < -0.39 is 10.0 Å². The molecule has 1 N–H and O–H groups in total. The predicted molar refractivity (Wildman–Crippen MR) is 103 cm³/mol. The van der Waals surface area contributed by atoms with Crippen LogP contribution in [0.2, 0.25) is 0 Å². The van der Waals surface area contributed by atoms with Crippen LogP contribution >= 0.6 is 15.9 Å². The summed E-state index contributed by atoms with van der Waals surface area (Å²) in [6.07, 6.45) is 3.87. The largest absolute Gasteiger partial charge is 0.263 e. The lowest BCUT2D eigenvalue weighted by atomic mass is 10.0. The minimum absolute atomic E-state index is 0.271. The van der Waals surface area contributed by atoms with Crippen molar-refractivity contribution in [3.05, 3.63) is 64.3 Å². The maximum atomic E-state index is 12.9. The van der Waals surface area contributed by atoms with Crippen LogP contribution in [-0.4, -0.2) is 13.4 Å². The fourth-order valence-electron chi connectivity index (χ4n) is 3.15. The normalized spacial score (nSPS) is 14.6. The van der Waals surface area contributed by atoms with E-state index in [2.05, 4.69) is 25.6 Å². The van der Waals surface area contributed by atoms with Crippen LogP contribution in [0.25, 0.3) is 10.8 Å². The second-order valence-corrected chi connectivity index (χ2v) is 8.96. The second-order valence-electron chi connectivity index (χ2n) is 6.40. The molecule has 4 nitrogen and oxygen atoms in total. The van der Waals surface area contributed by atoms with Crippen LogP contribution in [0, 0.1) is 6.92 Å². The average molecular weight is 417 g/mol. The molecule has 0 atom stereocenters. The first kappa shape index (κ1) is 16.5. The van der Waals surface area contributed by atoms with Gasteiger partial charge in [0.25, 0.3) is 10.0 Å². The molecule has 0 radical (unpaired) electrons. The molecule has 0 amide bonds. The van der Waals surface area contributed by atoms with E-state index in [4.69, 9.17) is 0 Å². The van der Waals surface area contributed by atoms with Crippen molar-refractivity contribution in [2.75, 3.05) is 4.72 Å². The molecule has 128 valence electrons. The Hall–Kier alpha value is -1.92.